The number of methoxy groups -OCH3 is 1. The van der Waals surface area contributed by atoms with Crippen LogP contribution in [0.2, 0.25) is 0 Å². The molecule has 174 valence electrons. The number of ether oxygens (including phenoxy) is 1. The maximum Gasteiger partial charge on any atom is 0.408 e. The van der Waals surface area contributed by atoms with Gasteiger partial charge in [0, 0.05) is 30.1 Å². The SMILES string of the molecule is COc1cccc2c1nc(N)n1nc([C@@H]3CC[C@H](C)N(c4cnn(CC(F)(F)F)c4)C3)nc21. The van der Waals surface area contributed by atoms with Crippen molar-refractivity contribution in [2.24, 2.45) is 0 Å². The zero-order valence-electron chi connectivity index (χ0n) is 18.1. The lowest BCUT2D eigenvalue weighted by Crippen LogP contribution is -2.41. The molecule has 0 radical (unpaired) electrons. The predicted octanol–water partition coefficient (Wildman–Crippen LogP) is 3.40. The lowest BCUT2D eigenvalue weighted by molar-refractivity contribution is -0.142. The number of hydrogen-bond donors (Lipinski definition) is 1. The minimum absolute atomic E-state index is 0.0212. The Kier molecular flexibility index (Phi) is 5.02. The van der Waals surface area contributed by atoms with Crippen molar-refractivity contribution in [3.63, 3.8) is 0 Å². The molecule has 4 aromatic rings. The number of benzene rings is 1. The minimum atomic E-state index is -4.32. The van der Waals surface area contributed by atoms with E-state index in [0.29, 0.717) is 35.0 Å². The Labute approximate surface area is 187 Å². The smallest absolute Gasteiger partial charge is 0.408 e. The van der Waals surface area contributed by atoms with Crippen molar-refractivity contribution in [1.29, 1.82) is 0 Å². The van der Waals surface area contributed by atoms with E-state index in [1.165, 1.54) is 16.9 Å². The van der Waals surface area contributed by atoms with E-state index in [1.54, 1.807) is 7.11 Å². The summed E-state index contributed by atoms with van der Waals surface area (Å²) in [6.45, 7) is 1.50. The summed E-state index contributed by atoms with van der Waals surface area (Å²) in [5.41, 5.74) is 8.02. The molecule has 0 spiro atoms. The molecule has 1 fully saturated rings. The molecule has 1 aromatic carbocycles. The molecule has 2 atom stereocenters. The number of piperidine rings is 1. The molecular weight excluding hydrogens is 437 g/mol. The average Bonchev–Trinajstić information content (AvgIpc) is 3.41. The molecule has 0 bridgehead atoms. The topological polar surface area (TPSA) is 99.4 Å². The molecule has 2 N–H and O–H groups in total. The number of hydrogen-bond acceptors (Lipinski definition) is 7. The standard InChI is InChI=1S/C21H23F3N8O/c1-12-6-7-13(9-31(12)14-8-26-30(10-14)11-21(22,23)24)18-28-19-15-4-3-5-16(33-2)17(15)27-20(25)32(19)29-18/h3-5,8,10,12-13H,6-7,9,11H2,1-2H3,(H2,25,27)/t12-,13+/m0/s1. The van der Waals surface area contributed by atoms with Crippen molar-refractivity contribution in [1.82, 2.24) is 29.4 Å². The first kappa shape index (κ1) is 21.3. The third kappa shape index (κ3) is 3.89. The second-order valence-corrected chi connectivity index (χ2v) is 8.32. The summed E-state index contributed by atoms with van der Waals surface area (Å²) >= 11 is 0. The Balaban J connectivity index is 1.47. The van der Waals surface area contributed by atoms with Gasteiger partial charge in [-0.3, -0.25) is 4.68 Å². The molecule has 33 heavy (non-hydrogen) atoms. The first-order chi connectivity index (χ1) is 15.7. The van der Waals surface area contributed by atoms with E-state index in [4.69, 9.17) is 15.5 Å². The fourth-order valence-electron chi connectivity index (χ4n) is 4.43. The first-order valence-electron chi connectivity index (χ1n) is 10.6. The number of alkyl halides is 3. The number of halogens is 3. The van der Waals surface area contributed by atoms with E-state index in [0.717, 1.165) is 22.9 Å². The maximum atomic E-state index is 12.7. The molecule has 0 saturated carbocycles. The number of aromatic nitrogens is 6. The molecular formula is C21H23F3N8O. The van der Waals surface area contributed by atoms with Crippen LogP contribution in [0.5, 0.6) is 5.75 Å². The van der Waals surface area contributed by atoms with Crippen LogP contribution in [0.25, 0.3) is 16.6 Å². The summed E-state index contributed by atoms with van der Waals surface area (Å²) in [7, 11) is 1.57. The molecule has 3 aromatic heterocycles. The van der Waals surface area contributed by atoms with E-state index < -0.39 is 12.7 Å². The molecule has 0 aliphatic carbocycles. The van der Waals surface area contributed by atoms with Crippen molar-refractivity contribution in [3.8, 4) is 5.75 Å². The molecule has 5 rings (SSSR count). The number of fused-ring (bicyclic) bond motifs is 3. The van der Waals surface area contributed by atoms with E-state index in [1.807, 2.05) is 18.2 Å². The van der Waals surface area contributed by atoms with Gasteiger partial charge < -0.3 is 15.4 Å². The zero-order chi connectivity index (χ0) is 23.3. The highest BCUT2D eigenvalue weighted by atomic mass is 19.4. The number of nitrogens with zero attached hydrogens (tertiary/aromatic N) is 7. The number of nitrogen functional groups attached to an aromatic ring is 1. The normalized spacial score (nSPS) is 19.5. The van der Waals surface area contributed by atoms with Gasteiger partial charge in [0.25, 0.3) is 0 Å². The Bertz CT molecular complexity index is 1310. The van der Waals surface area contributed by atoms with Gasteiger partial charge in [0.05, 0.1) is 19.0 Å². The summed E-state index contributed by atoms with van der Waals surface area (Å²) in [6.07, 6.45) is 0.278. The van der Waals surface area contributed by atoms with E-state index in [-0.39, 0.29) is 17.9 Å². The van der Waals surface area contributed by atoms with Gasteiger partial charge >= 0.3 is 6.18 Å². The third-order valence-corrected chi connectivity index (χ3v) is 6.07. The number of rotatable bonds is 4. The van der Waals surface area contributed by atoms with Crippen LogP contribution in [0.1, 0.15) is 31.5 Å². The zero-order valence-corrected chi connectivity index (χ0v) is 18.1. The minimum Gasteiger partial charge on any atom is -0.494 e. The van der Waals surface area contributed by atoms with Gasteiger partial charge in [0.2, 0.25) is 5.95 Å². The van der Waals surface area contributed by atoms with Gasteiger partial charge in [-0.25, -0.2) is 9.97 Å². The van der Waals surface area contributed by atoms with Crippen LogP contribution in [0.4, 0.5) is 24.8 Å². The highest BCUT2D eigenvalue weighted by molar-refractivity contribution is 5.95. The first-order valence-corrected chi connectivity index (χ1v) is 10.6. The van der Waals surface area contributed by atoms with Gasteiger partial charge in [0.1, 0.15) is 17.8 Å². The largest absolute Gasteiger partial charge is 0.494 e. The van der Waals surface area contributed by atoms with Crippen LogP contribution in [0, 0.1) is 0 Å². The Morgan fingerprint density at radius 3 is 2.79 bits per heavy atom. The monoisotopic (exact) mass is 460 g/mol. The van der Waals surface area contributed by atoms with Crippen molar-refractivity contribution in [3.05, 3.63) is 36.4 Å². The van der Waals surface area contributed by atoms with Crippen molar-refractivity contribution >= 4 is 28.2 Å². The van der Waals surface area contributed by atoms with Crippen molar-refractivity contribution in [2.75, 3.05) is 24.3 Å². The fraction of sp³-hybridized carbons (Fsp3) is 0.429. The second kappa shape index (κ2) is 7.78. The summed E-state index contributed by atoms with van der Waals surface area (Å²) in [4.78, 5) is 11.3. The molecule has 9 nitrogen and oxygen atoms in total. The highest BCUT2D eigenvalue weighted by Crippen LogP contribution is 2.34. The van der Waals surface area contributed by atoms with Gasteiger partial charge in [-0.05, 0) is 31.9 Å². The lowest BCUT2D eigenvalue weighted by Gasteiger charge is -2.37. The van der Waals surface area contributed by atoms with Crippen molar-refractivity contribution < 1.29 is 17.9 Å². The molecule has 0 amide bonds. The van der Waals surface area contributed by atoms with Gasteiger partial charge in [-0.1, -0.05) is 6.07 Å². The molecule has 4 heterocycles. The molecule has 1 aliphatic heterocycles. The molecule has 1 aliphatic rings. The Hall–Kier alpha value is -3.57. The molecule has 1 saturated heterocycles. The molecule has 0 unspecified atom stereocenters. The summed E-state index contributed by atoms with van der Waals surface area (Å²) in [5.74, 6) is 1.40. The average molecular weight is 460 g/mol. The highest BCUT2D eigenvalue weighted by Gasteiger charge is 2.32. The number of anilines is 2. The number of para-hydroxylation sites is 1. The van der Waals surface area contributed by atoms with Gasteiger partial charge in [-0.2, -0.15) is 22.8 Å². The molecule has 12 heteroatoms. The van der Waals surface area contributed by atoms with Crippen LogP contribution in [-0.4, -0.2) is 55.2 Å². The van der Waals surface area contributed by atoms with Crippen LogP contribution in [-0.2, 0) is 6.54 Å². The number of nitrogens with two attached hydrogens (primary N) is 1. The lowest BCUT2D eigenvalue weighted by atomic mass is 9.92. The van der Waals surface area contributed by atoms with E-state index >= 15 is 0 Å². The summed E-state index contributed by atoms with van der Waals surface area (Å²) in [6, 6.07) is 5.71. The van der Waals surface area contributed by atoms with Crippen LogP contribution in [0.3, 0.4) is 0 Å². The summed E-state index contributed by atoms with van der Waals surface area (Å²) < 4.78 is 46.0. The van der Waals surface area contributed by atoms with Crippen LogP contribution < -0.4 is 15.4 Å². The quantitative estimate of drug-likeness (QED) is 0.498. The predicted molar refractivity (Wildman–Crippen MR) is 116 cm³/mol. The van der Waals surface area contributed by atoms with E-state index in [2.05, 4.69) is 27.0 Å². The van der Waals surface area contributed by atoms with Crippen LogP contribution in [0.15, 0.2) is 30.6 Å². The third-order valence-electron chi connectivity index (χ3n) is 6.07. The van der Waals surface area contributed by atoms with Gasteiger partial charge in [0.15, 0.2) is 11.5 Å². The summed E-state index contributed by atoms with van der Waals surface area (Å²) in [5, 5.41) is 9.29. The Morgan fingerprint density at radius 2 is 2.03 bits per heavy atom. The Morgan fingerprint density at radius 1 is 1.21 bits per heavy atom. The van der Waals surface area contributed by atoms with E-state index in [9.17, 15) is 13.2 Å². The van der Waals surface area contributed by atoms with Crippen molar-refractivity contribution in [2.45, 2.75) is 44.4 Å². The fourth-order valence-corrected chi connectivity index (χ4v) is 4.43. The second-order valence-electron chi connectivity index (χ2n) is 8.32. The van der Waals surface area contributed by atoms with Gasteiger partial charge in [-0.15, -0.1) is 5.10 Å². The maximum absolute atomic E-state index is 12.7. The van der Waals surface area contributed by atoms with Crippen LogP contribution >= 0.6 is 0 Å².